The molecule has 0 spiro atoms. The van der Waals surface area contributed by atoms with Gasteiger partial charge in [0.1, 0.15) is 0 Å². The highest BCUT2D eigenvalue weighted by molar-refractivity contribution is 14.0. The maximum Gasteiger partial charge on any atom is 0.241 e. The van der Waals surface area contributed by atoms with Crippen LogP contribution >= 0.6 is 24.0 Å². The second-order valence-electron chi connectivity index (χ2n) is 6.33. The molecule has 1 aromatic rings. The van der Waals surface area contributed by atoms with Crippen molar-refractivity contribution in [3.8, 4) is 0 Å². The van der Waals surface area contributed by atoms with E-state index in [9.17, 15) is 8.42 Å². The van der Waals surface area contributed by atoms with Crippen molar-refractivity contribution in [2.45, 2.75) is 44.7 Å². The van der Waals surface area contributed by atoms with E-state index in [0.29, 0.717) is 24.6 Å². The summed E-state index contributed by atoms with van der Waals surface area (Å²) in [6.45, 7) is 12.6. The summed E-state index contributed by atoms with van der Waals surface area (Å²) in [7, 11) is -3.60. The van der Waals surface area contributed by atoms with Gasteiger partial charge in [-0.1, -0.05) is 24.3 Å². The van der Waals surface area contributed by atoms with Crippen LogP contribution in [0.2, 0.25) is 0 Å². The van der Waals surface area contributed by atoms with Gasteiger partial charge < -0.3 is 10.6 Å². The maximum atomic E-state index is 12.6. The normalized spacial score (nSPS) is 12.2. The first-order valence-corrected chi connectivity index (χ1v) is 9.43. The fourth-order valence-corrected chi connectivity index (χ4v) is 3.68. The van der Waals surface area contributed by atoms with Gasteiger partial charge in [-0.15, -0.1) is 30.6 Å². The van der Waals surface area contributed by atoms with Gasteiger partial charge in [0.05, 0.1) is 11.4 Å². The highest BCUT2D eigenvalue weighted by Crippen LogP contribution is 2.18. The fourth-order valence-electron chi connectivity index (χ4n) is 2.03. The molecule has 6 nitrogen and oxygen atoms in total. The zero-order chi connectivity index (χ0) is 18.2. The summed E-state index contributed by atoms with van der Waals surface area (Å²) < 4.78 is 27.9. The lowest BCUT2D eigenvalue weighted by atomic mass is 10.1. The lowest BCUT2D eigenvalue weighted by Crippen LogP contribution is -2.40. The van der Waals surface area contributed by atoms with E-state index in [-0.39, 0.29) is 35.4 Å². The Morgan fingerprint density at radius 1 is 1.24 bits per heavy atom. The maximum absolute atomic E-state index is 12.6. The van der Waals surface area contributed by atoms with Crippen LogP contribution in [0.25, 0.3) is 0 Å². The van der Waals surface area contributed by atoms with Gasteiger partial charge in [0.25, 0.3) is 0 Å². The third kappa shape index (κ3) is 8.68. The molecule has 0 aliphatic rings. The van der Waals surface area contributed by atoms with E-state index < -0.39 is 15.6 Å². The Balaban J connectivity index is 0.00000576. The first kappa shape index (κ1) is 23.9. The molecule has 0 fully saturated rings. The van der Waals surface area contributed by atoms with Crippen molar-refractivity contribution in [3.05, 3.63) is 42.5 Å². The van der Waals surface area contributed by atoms with Gasteiger partial charge in [0, 0.05) is 18.6 Å². The van der Waals surface area contributed by atoms with E-state index in [1.807, 2.05) is 33.8 Å². The second-order valence-corrected chi connectivity index (χ2v) is 7.98. The number of sulfonamides is 1. The molecule has 142 valence electrons. The summed E-state index contributed by atoms with van der Waals surface area (Å²) in [5.74, 6) is 0.619. The van der Waals surface area contributed by atoms with Crippen molar-refractivity contribution in [2.24, 2.45) is 4.99 Å². The van der Waals surface area contributed by atoms with E-state index in [2.05, 4.69) is 26.9 Å². The van der Waals surface area contributed by atoms with E-state index in [0.717, 1.165) is 0 Å². The van der Waals surface area contributed by atoms with Gasteiger partial charge in [-0.25, -0.2) is 18.1 Å². The zero-order valence-corrected chi connectivity index (χ0v) is 18.4. The van der Waals surface area contributed by atoms with Crippen LogP contribution in [0, 0.1) is 0 Å². The van der Waals surface area contributed by atoms with Gasteiger partial charge in [-0.05, 0) is 39.3 Å². The summed E-state index contributed by atoms with van der Waals surface area (Å²) in [5.41, 5.74) is 0.0976. The molecule has 1 aromatic carbocycles. The Kier molecular flexibility index (Phi) is 10.3. The van der Waals surface area contributed by atoms with Crippen molar-refractivity contribution in [3.63, 3.8) is 0 Å². The molecule has 0 amide bonds. The average Bonchev–Trinajstić information content (AvgIpc) is 2.48. The molecule has 3 N–H and O–H groups in total. The van der Waals surface area contributed by atoms with Crippen LogP contribution in [-0.2, 0) is 16.6 Å². The third-order valence-corrected chi connectivity index (χ3v) is 4.73. The molecule has 0 atom stereocenters. The Bertz CT molecular complexity index is 682. The minimum Gasteiger partial charge on any atom is -0.357 e. The largest absolute Gasteiger partial charge is 0.357 e. The lowest BCUT2D eigenvalue weighted by molar-refractivity contribution is 0.491. The van der Waals surface area contributed by atoms with Crippen molar-refractivity contribution in [1.29, 1.82) is 0 Å². The Labute approximate surface area is 168 Å². The van der Waals surface area contributed by atoms with Crippen molar-refractivity contribution in [2.75, 3.05) is 13.1 Å². The molecule has 0 aliphatic heterocycles. The van der Waals surface area contributed by atoms with Crippen LogP contribution in [0.4, 0.5) is 0 Å². The number of hydrogen-bond acceptors (Lipinski definition) is 3. The van der Waals surface area contributed by atoms with Crippen LogP contribution in [0.15, 0.2) is 46.8 Å². The minimum absolute atomic E-state index is 0. The van der Waals surface area contributed by atoms with E-state index in [1.54, 1.807) is 24.3 Å². The van der Waals surface area contributed by atoms with Crippen LogP contribution in [-0.4, -0.2) is 33.0 Å². The summed E-state index contributed by atoms with van der Waals surface area (Å²) in [6.07, 6.45) is 1.73. The molecule has 0 saturated heterocycles. The van der Waals surface area contributed by atoms with Gasteiger partial charge in [0.2, 0.25) is 10.0 Å². The van der Waals surface area contributed by atoms with E-state index >= 15 is 0 Å². The topological polar surface area (TPSA) is 82.6 Å². The predicted molar refractivity (Wildman–Crippen MR) is 115 cm³/mol. The number of nitrogens with one attached hydrogen (secondary N) is 3. The number of aliphatic imine (C=N–C) groups is 1. The summed E-state index contributed by atoms with van der Waals surface area (Å²) in [5, 5.41) is 6.20. The number of benzene rings is 1. The standard InChI is InChI=1S/C17H28N4O2S.HI/c1-6-12-19-16(18-7-2)20-13-14-10-8-9-11-15(14)24(22,23)21-17(3,4)5;/h6,8-11,21H,1,7,12-13H2,2-5H3,(H2,18,19,20);1H. The molecule has 0 radical (unpaired) electrons. The monoisotopic (exact) mass is 480 g/mol. The van der Waals surface area contributed by atoms with Crippen LogP contribution in [0.3, 0.4) is 0 Å². The van der Waals surface area contributed by atoms with Gasteiger partial charge in [-0.2, -0.15) is 0 Å². The SMILES string of the molecule is C=CCNC(=NCc1ccccc1S(=O)(=O)NC(C)(C)C)NCC.I. The van der Waals surface area contributed by atoms with Crippen LogP contribution < -0.4 is 15.4 Å². The number of halogens is 1. The van der Waals surface area contributed by atoms with E-state index in [1.165, 1.54) is 0 Å². The highest BCUT2D eigenvalue weighted by atomic mass is 127. The molecule has 25 heavy (non-hydrogen) atoms. The molecule has 0 aromatic heterocycles. The second kappa shape index (κ2) is 10.8. The van der Waals surface area contributed by atoms with Crippen molar-refractivity contribution in [1.82, 2.24) is 15.4 Å². The molecule has 0 aliphatic carbocycles. The smallest absolute Gasteiger partial charge is 0.241 e. The number of rotatable bonds is 7. The summed E-state index contributed by atoms with van der Waals surface area (Å²) in [4.78, 5) is 4.70. The zero-order valence-electron chi connectivity index (χ0n) is 15.3. The van der Waals surface area contributed by atoms with Gasteiger partial charge in [0.15, 0.2) is 5.96 Å². The molecular formula is C17H29IN4O2S. The quantitative estimate of drug-likeness (QED) is 0.243. The molecular weight excluding hydrogens is 451 g/mol. The first-order valence-electron chi connectivity index (χ1n) is 7.94. The van der Waals surface area contributed by atoms with Crippen LogP contribution in [0.1, 0.15) is 33.3 Å². The molecule has 0 saturated carbocycles. The third-order valence-electron chi connectivity index (χ3n) is 2.87. The van der Waals surface area contributed by atoms with E-state index in [4.69, 9.17) is 0 Å². The Morgan fingerprint density at radius 2 is 1.88 bits per heavy atom. The van der Waals surface area contributed by atoms with Crippen molar-refractivity contribution < 1.29 is 8.42 Å². The average molecular weight is 480 g/mol. The molecule has 8 heteroatoms. The van der Waals surface area contributed by atoms with Crippen molar-refractivity contribution >= 4 is 40.0 Å². The first-order chi connectivity index (χ1) is 11.2. The lowest BCUT2D eigenvalue weighted by Gasteiger charge is -2.21. The fraction of sp³-hybridized carbons (Fsp3) is 0.471. The molecule has 1 rings (SSSR count). The number of guanidine groups is 1. The Hall–Kier alpha value is -1.13. The number of nitrogens with zero attached hydrogens (tertiary/aromatic N) is 1. The van der Waals surface area contributed by atoms with Gasteiger partial charge in [-0.3, -0.25) is 0 Å². The number of hydrogen-bond donors (Lipinski definition) is 3. The summed E-state index contributed by atoms with van der Waals surface area (Å²) >= 11 is 0. The summed E-state index contributed by atoms with van der Waals surface area (Å²) in [6, 6.07) is 6.90. The molecule has 0 heterocycles. The Morgan fingerprint density at radius 3 is 2.44 bits per heavy atom. The minimum atomic E-state index is -3.60. The molecule has 0 bridgehead atoms. The highest BCUT2D eigenvalue weighted by Gasteiger charge is 2.24. The van der Waals surface area contributed by atoms with Crippen LogP contribution in [0.5, 0.6) is 0 Å². The van der Waals surface area contributed by atoms with Gasteiger partial charge >= 0.3 is 0 Å². The molecule has 0 unspecified atom stereocenters. The predicted octanol–water partition coefficient (Wildman–Crippen LogP) is 2.62.